The second kappa shape index (κ2) is 8.62. The summed E-state index contributed by atoms with van der Waals surface area (Å²) >= 11 is 7.39. The topological polar surface area (TPSA) is 64.2 Å². The fourth-order valence-corrected chi connectivity index (χ4v) is 4.33. The number of urea groups is 1. The van der Waals surface area contributed by atoms with Crippen LogP contribution in [0.2, 0.25) is 5.02 Å². The van der Waals surface area contributed by atoms with Crippen LogP contribution in [0.4, 0.5) is 4.79 Å². The SMILES string of the molecule is O=C1C(=O)N(CN2CCN(Cc3ccc(Cl)cc3)CC2)C(=O)N1Cc1cccs1. The maximum absolute atomic E-state index is 12.6. The standard InChI is InChI=1S/C20H21ClN4O3S/c21-16-5-3-15(4-6-16)12-22-7-9-23(10-8-22)14-25-19(27)18(26)24(20(25)28)13-17-2-1-11-29-17/h1-6,11H,7-10,12-14H2. The molecule has 0 bridgehead atoms. The predicted octanol–water partition coefficient (Wildman–Crippen LogP) is 2.47. The van der Waals surface area contributed by atoms with Gasteiger partial charge < -0.3 is 0 Å². The van der Waals surface area contributed by atoms with Crippen LogP contribution in [0.25, 0.3) is 0 Å². The number of hydrogen-bond donors (Lipinski definition) is 0. The number of imide groups is 2. The van der Waals surface area contributed by atoms with Crippen molar-refractivity contribution in [1.29, 1.82) is 0 Å². The van der Waals surface area contributed by atoms with Crippen molar-refractivity contribution in [2.75, 3.05) is 32.8 Å². The van der Waals surface area contributed by atoms with Gasteiger partial charge in [0.05, 0.1) is 13.2 Å². The molecule has 7 nitrogen and oxygen atoms in total. The van der Waals surface area contributed by atoms with E-state index in [4.69, 9.17) is 11.6 Å². The van der Waals surface area contributed by atoms with Crippen molar-refractivity contribution >= 4 is 40.8 Å². The zero-order chi connectivity index (χ0) is 20.4. The molecule has 29 heavy (non-hydrogen) atoms. The monoisotopic (exact) mass is 432 g/mol. The Morgan fingerprint density at radius 1 is 0.828 bits per heavy atom. The lowest BCUT2D eigenvalue weighted by atomic mass is 10.2. The minimum Gasteiger partial charge on any atom is -0.297 e. The van der Waals surface area contributed by atoms with Crippen LogP contribution in [0.1, 0.15) is 10.4 Å². The number of nitrogens with zero attached hydrogens (tertiary/aromatic N) is 4. The summed E-state index contributed by atoms with van der Waals surface area (Å²) in [5.74, 6) is -1.49. The van der Waals surface area contributed by atoms with Gasteiger partial charge in [0.1, 0.15) is 0 Å². The molecule has 0 N–H and O–H groups in total. The van der Waals surface area contributed by atoms with Gasteiger partial charge in [-0.05, 0) is 29.1 Å². The number of thiophene rings is 1. The number of benzene rings is 1. The van der Waals surface area contributed by atoms with Crippen molar-refractivity contribution in [1.82, 2.24) is 19.6 Å². The molecule has 0 radical (unpaired) electrons. The van der Waals surface area contributed by atoms with E-state index in [0.29, 0.717) is 0 Å². The average molecular weight is 433 g/mol. The van der Waals surface area contributed by atoms with Gasteiger partial charge in [0.15, 0.2) is 0 Å². The number of halogens is 1. The number of carbonyl (C=O) groups is 3. The van der Waals surface area contributed by atoms with Crippen LogP contribution in [0.5, 0.6) is 0 Å². The van der Waals surface area contributed by atoms with Crippen LogP contribution in [0.3, 0.4) is 0 Å². The Bertz CT molecular complexity index is 895. The molecule has 2 saturated heterocycles. The molecule has 1 aromatic heterocycles. The van der Waals surface area contributed by atoms with E-state index < -0.39 is 17.8 Å². The number of rotatable bonds is 6. The molecule has 4 amide bonds. The van der Waals surface area contributed by atoms with Crippen LogP contribution in [0.15, 0.2) is 41.8 Å². The maximum Gasteiger partial charge on any atom is 0.335 e. The molecule has 3 heterocycles. The number of hydrogen-bond acceptors (Lipinski definition) is 6. The van der Waals surface area contributed by atoms with E-state index in [1.165, 1.54) is 16.9 Å². The zero-order valence-electron chi connectivity index (χ0n) is 15.8. The van der Waals surface area contributed by atoms with Gasteiger partial charge in [0.2, 0.25) is 0 Å². The van der Waals surface area contributed by atoms with Crippen LogP contribution in [-0.4, -0.2) is 70.3 Å². The molecule has 2 aliphatic rings. The molecular formula is C20H21ClN4O3S. The molecular weight excluding hydrogens is 412 g/mol. The highest BCUT2D eigenvalue weighted by Crippen LogP contribution is 2.20. The summed E-state index contributed by atoms with van der Waals surface area (Å²) in [5.41, 5.74) is 1.20. The van der Waals surface area contributed by atoms with E-state index in [0.717, 1.165) is 52.4 Å². The molecule has 2 fully saturated rings. The maximum atomic E-state index is 12.6. The molecule has 2 aromatic rings. The normalized spacial score (nSPS) is 18.9. The summed E-state index contributed by atoms with van der Waals surface area (Å²) in [4.78, 5) is 44.5. The van der Waals surface area contributed by atoms with Gasteiger partial charge in [-0.3, -0.25) is 24.3 Å². The zero-order valence-corrected chi connectivity index (χ0v) is 17.4. The first-order valence-electron chi connectivity index (χ1n) is 9.40. The predicted molar refractivity (Wildman–Crippen MR) is 110 cm³/mol. The third-order valence-corrected chi connectivity index (χ3v) is 6.27. The van der Waals surface area contributed by atoms with Gasteiger partial charge >= 0.3 is 17.8 Å². The lowest BCUT2D eigenvalue weighted by molar-refractivity contribution is -0.144. The fourth-order valence-electron chi connectivity index (χ4n) is 3.51. The number of amides is 4. The summed E-state index contributed by atoms with van der Waals surface area (Å²) in [5, 5.41) is 2.60. The molecule has 4 rings (SSSR count). The summed E-state index contributed by atoms with van der Waals surface area (Å²) in [7, 11) is 0. The summed E-state index contributed by atoms with van der Waals surface area (Å²) in [6, 6.07) is 11.0. The van der Waals surface area contributed by atoms with Crippen LogP contribution in [-0.2, 0) is 22.7 Å². The Morgan fingerprint density at radius 3 is 2.14 bits per heavy atom. The van der Waals surface area contributed by atoms with Crippen molar-refractivity contribution in [2.24, 2.45) is 0 Å². The second-order valence-corrected chi connectivity index (χ2v) is 8.62. The molecule has 9 heteroatoms. The van der Waals surface area contributed by atoms with Crippen molar-refractivity contribution < 1.29 is 14.4 Å². The van der Waals surface area contributed by atoms with Crippen LogP contribution < -0.4 is 0 Å². The highest BCUT2D eigenvalue weighted by Gasteiger charge is 2.45. The van der Waals surface area contributed by atoms with Gasteiger partial charge in [0.25, 0.3) is 0 Å². The van der Waals surface area contributed by atoms with Crippen molar-refractivity contribution in [3.05, 3.63) is 57.2 Å². The highest BCUT2D eigenvalue weighted by atomic mass is 35.5. The Kier molecular flexibility index (Phi) is 5.96. The quantitative estimate of drug-likeness (QED) is 0.518. The summed E-state index contributed by atoms with van der Waals surface area (Å²) < 4.78 is 0. The molecule has 0 aliphatic carbocycles. The number of carbonyl (C=O) groups excluding carboxylic acids is 3. The Hall–Kier alpha value is -2.26. The second-order valence-electron chi connectivity index (χ2n) is 7.15. The van der Waals surface area contributed by atoms with E-state index in [2.05, 4.69) is 4.90 Å². The lowest BCUT2D eigenvalue weighted by Crippen LogP contribution is -2.51. The minimum absolute atomic E-state index is 0.145. The van der Waals surface area contributed by atoms with Crippen molar-refractivity contribution in [2.45, 2.75) is 13.1 Å². The third kappa shape index (κ3) is 4.51. The Morgan fingerprint density at radius 2 is 1.48 bits per heavy atom. The summed E-state index contributed by atoms with van der Waals surface area (Å²) in [6.07, 6.45) is 0. The first-order chi connectivity index (χ1) is 14.0. The Balaban J connectivity index is 1.30. The van der Waals surface area contributed by atoms with E-state index in [9.17, 15) is 14.4 Å². The fraction of sp³-hybridized carbons (Fsp3) is 0.350. The van der Waals surface area contributed by atoms with E-state index in [1.54, 1.807) is 0 Å². The van der Waals surface area contributed by atoms with Gasteiger partial charge in [0, 0.05) is 42.6 Å². The minimum atomic E-state index is -0.746. The largest absolute Gasteiger partial charge is 0.335 e. The van der Waals surface area contributed by atoms with Gasteiger partial charge in [-0.15, -0.1) is 11.3 Å². The molecule has 1 aromatic carbocycles. The van der Waals surface area contributed by atoms with E-state index in [-0.39, 0.29) is 13.2 Å². The van der Waals surface area contributed by atoms with Crippen LogP contribution in [0, 0.1) is 0 Å². The number of piperazine rings is 1. The molecule has 0 spiro atoms. The van der Waals surface area contributed by atoms with E-state index >= 15 is 0 Å². The van der Waals surface area contributed by atoms with E-state index in [1.807, 2.05) is 46.7 Å². The molecule has 2 aliphatic heterocycles. The molecule has 152 valence electrons. The van der Waals surface area contributed by atoms with Gasteiger partial charge in [-0.2, -0.15) is 0 Å². The van der Waals surface area contributed by atoms with Gasteiger partial charge in [-0.1, -0.05) is 29.8 Å². The smallest absolute Gasteiger partial charge is 0.297 e. The highest BCUT2D eigenvalue weighted by molar-refractivity contribution is 7.09. The summed E-state index contributed by atoms with van der Waals surface area (Å²) in [6.45, 7) is 4.23. The van der Waals surface area contributed by atoms with Crippen molar-refractivity contribution in [3.63, 3.8) is 0 Å². The lowest BCUT2D eigenvalue weighted by Gasteiger charge is -2.35. The molecule has 0 unspecified atom stereocenters. The Labute approximate surface area is 178 Å². The van der Waals surface area contributed by atoms with Crippen LogP contribution >= 0.6 is 22.9 Å². The molecule has 0 saturated carbocycles. The first-order valence-corrected chi connectivity index (χ1v) is 10.7. The van der Waals surface area contributed by atoms with Gasteiger partial charge in [-0.25, -0.2) is 9.69 Å². The molecule has 0 atom stereocenters. The average Bonchev–Trinajstić information content (AvgIpc) is 3.30. The first kappa shape index (κ1) is 20.0. The third-order valence-electron chi connectivity index (χ3n) is 5.15. The van der Waals surface area contributed by atoms with Crippen molar-refractivity contribution in [3.8, 4) is 0 Å².